The first-order valence-corrected chi connectivity index (χ1v) is 9.69. The Morgan fingerprint density at radius 3 is 2.54 bits per heavy atom. The van der Waals surface area contributed by atoms with E-state index in [1.54, 1.807) is 0 Å². The van der Waals surface area contributed by atoms with Gasteiger partial charge in [-0.05, 0) is 51.6 Å². The Labute approximate surface area is 148 Å². The van der Waals surface area contributed by atoms with Crippen LogP contribution in [0.15, 0.2) is 4.99 Å². The van der Waals surface area contributed by atoms with E-state index in [-0.39, 0.29) is 5.54 Å². The molecule has 0 bridgehead atoms. The summed E-state index contributed by atoms with van der Waals surface area (Å²) in [5, 5.41) is 7.27. The molecule has 2 unspecified atom stereocenters. The molecule has 0 aromatic carbocycles. The molecule has 0 aromatic heterocycles. The third-order valence-electron chi connectivity index (χ3n) is 6.18. The average molecular weight is 339 g/mol. The smallest absolute Gasteiger partial charge is 0.191 e. The quantitative estimate of drug-likeness (QED) is 0.597. The van der Waals surface area contributed by atoms with Gasteiger partial charge in [-0.25, -0.2) is 0 Å². The monoisotopic (exact) mass is 338 g/mol. The topological polar surface area (TPSA) is 48.9 Å². The van der Waals surface area contributed by atoms with Gasteiger partial charge in [0, 0.05) is 38.4 Å². The molecule has 2 atom stereocenters. The minimum atomic E-state index is 0.170. The summed E-state index contributed by atoms with van der Waals surface area (Å²) in [6.45, 7) is 7.33. The standard InChI is InChI=1S/C19H38N4O/c1-15(2)16-7-6-8-17(13-16)22-18(20-3)21-14-19(23(4)5)9-11-24-12-10-19/h15-17H,6-14H2,1-5H3,(H2,20,21,22). The summed E-state index contributed by atoms with van der Waals surface area (Å²) in [7, 11) is 6.24. The fourth-order valence-electron chi connectivity index (χ4n) is 4.13. The molecule has 2 aliphatic rings. The summed E-state index contributed by atoms with van der Waals surface area (Å²) in [4.78, 5) is 6.82. The molecule has 0 aromatic rings. The highest BCUT2D eigenvalue weighted by Crippen LogP contribution is 2.30. The lowest BCUT2D eigenvalue weighted by molar-refractivity contribution is -0.00504. The van der Waals surface area contributed by atoms with Crippen LogP contribution in [0.3, 0.4) is 0 Å². The van der Waals surface area contributed by atoms with Gasteiger partial charge < -0.3 is 20.3 Å². The van der Waals surface area contributed by atoms with Crippen molar-refractivity contribution in [2.75, 3.05) is 40.9 Å². The second-order valence-corrected chi connectivity index (χ2v) is 8.17. The van der Waals surface area contributed by atoms with Crippen molar-refractivity contribution in [3.05, 3.63) is 0 Å². The molecule has 1 saturated carbocycles. The van der Waals surface area contributed by atoms with E-state index in [0.29, 0.717) is 6.04 Å². The Morgan fingerprint density at radius 2 is 1.96 bits per heavy atom. The van der Waals surface area contributed by atoms with Gasteiger partial charge >= 0.3 is 0 Å². The zero-order chi connectivity index (χ0) is 17.6. The van der Waals surface area contributed by atoms with Crippen LogP contribution >= 0.6 is 0 Å². The molecule has 0 spiro atoms. The summed E-state index contributed by atoms with van der Waals surface area (Å²) >= 11 is 0. The first-order chi connectivity index (χ1) is 11.5. The zero-order valence-corrected chi connectivity index (χ0v) is 16.4. The van der Waals surface area contributed by atoms with Gasteiger partial charge in [0.2, 0.25) is 0 Å². The lowest BCUT2D eigenvalue weighted by Crippen LogP contribution is -2.57. The van der Waals surface area contributed by atoms with Gasteiger partial charge in [-0.1, -0.05) is 26.7 Å². The fourth-order valence-corrected chi connectivity index (χ4v) is 4.13. The number of ether oxygens (including phenoxy) is 1. The van der Waals surface area contributed by atoms with Crippen molar-refractivity contribution in [3.63, 3.8) is 0 Å². The van der Waals surface area contributed by atoms with E-state index in [0.717, 1.165) is 50.4 Å². The Morgan fingerprint density at radius 1 is 1.25 bits per heavy atom. The van der Waals surface area contributed by atoms with E-state index in [1.165, 1.54) is 25.7 Å². The Kier molecular flexibility index (Phi) is 7.35. The molecule has 1 aliphatic heterocycles. The number of nitrogens with zero attached hydrogens (tertiary/aromatic N) is 2. The van der Waals surface area contributed by atoms with Crippen molar-refractivity contribution in [3.8, 4) is 0 Å². The molecule has 140 valence electrons. The predicted molar refractivity (Wildman–Crippen MR) is 102 cm³/mol. The minimum absolute atomic E-state index is 0.170. The molecule has 24 heavy (non-hydrogen) atoms. The van der Waals surface area contributed by atoms with Crippen LogP contribution in [-0.4, -0.2) is 63.3 Å². The second-order valence-electron chi connectivity index (χ2n) is 8.17. The van der Waals surface area contributed by atoms with Crippen LogP contribution in [0, 0.1) is 11.8 Å². The van der Waals surface area contributed by atoms with Crippen molar-refractivity contribution < 1.29 is 4.74 Å². The number of aliphatic imine (C=N–C) groups is 1. The van der Waals surface area contributed by atoms with Crippen LogP contribution in [0.5, 0.6) is 0 Å². The van der Waals surface area contributed by atoms with Gasteiger partial charge in [0.25, 0.3) is 0 Å². The van der Waals surface area contributed by atoms with Crippen LogP contribution in [0.4, 0.5) is 0 Å². The van der Waals surface area contributed by atoms with Crippen LogP contribution in [0.2, 0.25) is 0 Å². The molecule has 1 saturated heterocycles. The average Bonchev–Trinajstić information content (AvgIpc) is 2.59. The highest BCUT2D eigenvalue weighted by atomic mass is 16.5. The van der Waals surface area contributed by atoms with Gasteiger partial charge in [0.1, 0.15) is 0 Å². The van der Waals surface area contributed by atoms with Gasteiger partial charge in [-0.2, -0.15) is 0 Å². The molecular weight excluding hydrogens is 300 g/mol. The lowest BCUT2D eigenvalue weighted by Gasteiger charge is -2.43. The molecule has 0 amide bonds. The normalized spacial score (nSPS) is 28.2. The van der Waals surface area contributed by atoms with E-state index < -0.39 is 0 Å². The molecule has 2 N–H and O–H groups in total. The van der Waals surface area contributed by atoms with Crippen molar-refractivity contribution in [2.45, 2.75) is 64.0 Å². The maximum absolute atomic E-state index is 5.56. The largest absolute Gasteiger partial charge is 0.381 e. The molecule has 5 heteroatoms. The number of nitrogens with one attached hydrogen (secondary N) is 2. The molecule has 0 radical (unpaired) electrons. The van der Waals surface area contributed by atoms with Gasteiger partial charge in [-0.15, -0.1) is 0 Å². The zero-order valence-electron chi connectivity index (χ0n) is 16.4. The van der Waals surface area contributed by atoms with Gasteiger partial charge in [0.05, 0.1) is 0 Å². The molecule has 2 rings (SSSR count). The highest BCUT2D eigenvalue weighted by Gasteiger charge is 2.35. The summed E-state index contributed by atoms with van der Waals surface area (Å²) in [6, 6.07) is 0.558. The van der Waals surface area contributed by atoms with Crippen molar-refractivity contribution in [1.82, 2.24) is 15.5 Å². The number of rotatable bonds is 5. The van der Waals surface area contributed by atoms with Crippen LogP contribution < -0.4 is 10.6 Å². The summed E-state index contributed by atoms with van der Waals surface area (Å²) in [5.74, 6) is 2.58. The van der Waals surface area contributed by atoms with Gasteiger partial charge in [0.15, 0.2) is 5.96 Å². The summed E-state index contributed by atoms with van der Waals surface area (Å²) in [5.41, 5.74) is 0.170. The summed E-state index contributed by atoms with van der Waals surface area (Å²) in [6.07, 6.45) is 7.38. The van der Waals surface area contributed by atoms with E-state index in [1.807, 2.05) is 7.05 Å². The number of hydrogen-bond donors (Lipinski definition) is 2. The van der Waals surface area contributed by atoms with Crippen LogP contribution in [0.1, 0.15) is 52.4 Å². The lowest BCUT2D eigenvalue weighted by atomic mass is 9.79. The van der Waals surface area contributed by atoms with Crippen LogP contribution in [0.25, 0.3) is 0 Å². The number of guanidine groups is 1. The van der Waals surface area contributed by atoms with Crippen LogP contribution in [-0.2, 0) is 4.74 Å². The maximum atomic E-state index is 5.56. The minimum Gasteiger partial charge on any atom is -0.381 e. The Balaban J connectivity index is 1.87. The molecular formula is C19H38N4O. The fraction of sp³-hybridized carbons (Fsp3) is 0.947. The molecule has 2 fully saturated rings. The molecule has 5 nitrogen and oxygen atoms in total. The third-order valence-corrected chi connectivity index (χ3v) is 6.18. The first kappa shape index (κ1) is 19.5. The van der Waals surface area contributed by atoms with E-state index in [9.17, 15) is 0 Å². The second kappa shape index (κ2) is 9.04. The van der Waals surface area contributed by atoms with E-state index >= 15 is 0 Å². The Bertz CT molecular complexity index is 402. The first-order valence-electron chi connectivity index (χ1n) is 9.69. The van der Waals surface area contributed by atoms with Gasteiger partial charge in [-0.3, -0.25) is 4.99 Å². The molecule has 1 heterocycles. The van der Waals surface area contributed by atoms with E-state index in [2.05, 4.69) is 48.5 Å². The molecule has 1 aliphatic carbocycles. The van der Waals surface area contributed by atoms with E-state index in [4.69, 9.17) is 4.74 Å². The number of likely N-dealkylation sites (N-methyl/N-ethyl adjacent to an activating group) is 1. The van der Waals surface area contributed by atoms with Crippen molar-refractivity contribution in [2.24, 2.45) is 16.8 Å². The van der Waals surface area contributed by atoms with Crippen molar-refractivity contribution >= 4 is 5.96 Å². The maximum Gasteiger partial charge on any atom is 0.191 e. The van der Waals surface area contributed by atoms with Crippen molar-refractivity contribution in [1.29, 1.82) is 0 Å². The highest BCUT2D eigenvalue weighted by molar-refractivity contribution is 5.80. The SMILES string of the molecule is CN=C(NCC1(N(C)C)CCOCC1)NC1CCCC(C(C)C)C1. The number of hydrogen-bond acceptors (Lipinski definition) is 3. The summed E-state index contributed by atoms with van der Waals surface area (Å²) < 4.78 is 5.56. The Hall–Kier alpha value is -0.810. The predicted octanol–water partition coefficient (Wildman–Crippen LogP) is 2.48. The third kappa shape index (κ3) is 5.09.